The summed E-state index contributed by atoms with van der Waals surface area (Å²) in [5.74, 6) is 0. The molecule has 0 bridgehead atoms. The average Bonchev–Trinajstić information content (AvgIpc) is 2.84. The second kappa shape index (κ2) is 6.48. The number of imidazole rings is 1. The smallest absolute Gasteiger partial charge is 0.325 e. The molecule has 2 aromatic heterocycles. The minimum atomic E-state index is -0.314. The first-order valence-electron chi connectivity index (χ1n) is 7.65. The molecule has 0 aromatic carbocycles. The minimum absolute atomic E-state index is 0.0427. The van der Waals surface area contributed by atoms with E-state index in [0.717, 1.165) is 25.9 Å². The van der Waals surface area contributed by atoms with Gasteiger partial charge in [0.05, 0.1) is 6.33 Å². The van der Waals surface area contributed by atoms with Gasteiger partial charge in [-0.1, -0.05) is 0 Å². The van der Waals surface area contributed by atoms with Crippen molar-refractivity contribution in [3.63, 3.8) is 0 Å². The third-order valence-corrected chi connectivity index (χ3v) is 3.82. The van der Waals surface area contributed by atoms with Crippen molar-refractivity contribution in [2.45, 2.75) is 39.3 Å². The maximum atomic E-state index is 12.4. The molecule has 0 saturated heterocycles. The Morgan fingerprint density at radius 2 is 1.91 bits per heavy atom. The molecule has 0 unspecified atom stereocenters. The lowest BCUT2D eigenvalue weighted by Gasteiger charge is -2.13. The number of hydrogen-bond acceptors (Lipinski definition) is 4. The summed E-state index contributed by atoms with van der Waals surface area (Å²) in [7, 11) is 5.61. The second-order valence-electron chi connectivity index (χ2n) is 6.23. The third kappa shape index (κ3) is 2.99. The number of unbranched alkanes of at least 4 members (excludes halogenated alkanes) is 1. The van der Waals surface area contributed by atoms with Crippen molar-refractivity contribution in [2.75, 3.05) is 20.6 Å². The standard InChI is InChI=1S/C15H25N5O2/c1-11(2)20-13-12(14(21)18(5)15(20)22)19(10-16-13)9-7-6-8-17(3)4/h10-11H,6-9H2,1-5H3. The molecular formula is C15H25N5O2. The molecule has 0 amide bonds. The first-order valence-corrected chi connectivity index (χ1v) is 7.65. The lowest BCUT2D eigenvalue weighted by Crippen LogP contribution is -2.39. The van der Waals surface area contributed by atoms with E-state index < -0.39 is 0 Å². The van der Waals surface area contributed by atoms with Gasteiger partial charge in [-0.2, -0.15) is 0 Å². The highest BCUT2D eigenvalue weighted by Gasteiger charge is 2.17. The maximum Gasteiger partial charge on any atom is 0.332 e. The number of hydrogen-bond donors (Lipinski definition) is 0. The van der Waals surface area contributed by atoms with Crippen molar-refractivity contribution < 1.29 is 0 Å². The van der Waals surface area contributed by atoms with Crippen molar-refractivity contribution >= 4 is 11.2 Å². The zero-order valence-corrected chi connectivity index (χ0v) is 14.0. The lowest BCUT2D eigenvalue weighted by molar-refractivity contribution is 0.388. The summed E-state index contributed by atoms with van der Waals surface area (Å²) in [6, 6.07) is -0.0427. The van der Waals surface area contributed by atoms with E-state index in [0.29, 0.717) is 11.2 Å². The SMILES string of the molecule is CC(C)n1c(=O)n(C)c(=O)c2c1ncn2CCCCN(C)C. The van der Waals surface area contributed by atoms with E-state index in [1.807, 2.05) is 32.5 Å². The molecule has 2 heterocycles. The van der Waals surface area contributed by atoms with Gasteiger partial charge in [0.15, 0.2) is 11.2 Å². The Labute approximate surface area is 129 Å². The minimum Gasteiger partial charge on any atom is -0.325 e. The van der Waals surface area contributed by atoms with Crippen LogP contribution >= 0.6 is 0 Å². The van der Waals surface area contributed by atoms with Crippen LogP contribution in [-0.4, -0.2) is 44.2 Å². The molecule has 7 nitrogen and oxygen atoms in total. The Morgan fingerprint density at radius 1 is 1.23 bits per heavy atom. The number of aryl methyl sites for hydroxylation is 1. The van der Waals surface area contributed by atoms with Gasteiger partial charge in [-0.05, 0) is 47.3 Å². The number of nitrogens with zero attached hydrogens (tertiary/aromatic N) is 5. The van der Waals surface area contributed by atoms with Gasteiger partial charge in [-0.25, -0.2) is 9.78 Å². The van der Waals surface area contributed by atoms with Gasteiger partial charge >= 0.3 is 5.69 Å². The zero-order valence-electron chi connectivity index (χ0n) is 14.0. The highest BCUT2D eigenvalue weighted by atomic mass is 16.2. The second-order valence-corrected chi connectivity index (χ2v) is 6.23. The van der Waals surface area contributed by atoms with Crippen LogP contribution in [0.1, 0.15) is 32.7 Å². The van der Waals surface area contributed by atoms with Crippen LogP contribution in [0.15, 0.2) is 15.9 Å². The van der Waals surface area contributed by atoms with Crippen LogP contribution in [0.4, 0.5) is 0 Å². The molecule has 0 aliphatic heterocycles. The van der Waals surface area contributed by atoms with Crippen LogP contribution in [0.25, 0.3) is 11.2 Å². The first-order chi connectivity index (χ1) is 10.3. The molecular weight excluding hydrogens is 282 g/mol. The van der Waals surface area contributed by atoms with Crippen LogP contribution in [0, 0.1) is 0 Å². The van der Waals surface area contributed by atoms with Gasteiger partial charge < -0.3 is 9.47 Å². The Hall–Kier alpha value is -1.89. The highest BCUT2D eigenvalue weighted by Crippen LogP contribution is 2.12. The van der Waals surface area contributed by atoms with Gasteiger partial charge in [0.25, 0.3) is 5.56 Å². The molecule has 122 valence electrons. The fourth-order valence-electron chi connectivity index (χ4n) is 2.61. The van der Waals surface area contributed by atoms with Crippen LogP contribution in [0.3, 0.4) is 0 Å². The predicted molar refractivity (Wildman–Crippen MR) is 87.4 cm³/mol. The average molecular weight is 307 g/mol. The number of aromatic nitrogens is 4. The molecule has 0 atom stereocenters. The van der Waals surface area contributed by atoms with Gasteiger partial charge in [0, 0.05) is 19.6 Å². The van der Waals surface area contributed by atoms with Crippen molar-refractivity contribution in [2.24, 2.45) is 7.05 Å². The van der Waals surface area contributed by atoms with Crippen LogP contribution < -0.4 is 11.2 Å². The quantitative estimate of drug-likeness (QED) is 0.741. The third-order valence-electron chi connectivity index (χ3n) is 3.82. The molecule has 0 radical (unpaired) electrons. The molecule has 0 spiro atoms. The molecule has 22 heavy (non-hydrogen) atoms. The summed E-state index contributed by atoms with van der Waals surface area (Å²) in [6.45, 7) is 5.58. The Kier molecular flexibility index (Phi) is 4.85. The molecule has 2 aromatic rings. The molecule has 0 aliphatic carbocycles. The van der Waals surface area contributed by atoms with Gasteiger partial charge in [0.1, 0.15) is 0 Å². The van der Waals surface area contributed by atoms with E-state index in [1.165, 1.54) is 11.6 Å². The highest BCUT2D eigenvalue weighted by molar-refractivity contribution is 5.70. The van der Waals surface area contributed by atoms with Crippen molar-refractivity contribution in [3.05, 3.63) is 27.2 Å². The van der Waals surface area contributed by atoms with E-state index in [-0.39, 0.29) is 17.3 Å². The van der Waals surface area contributed by atoms with Crippen molar-refractivity contribution in [3.8, 4) is 0 Å². The van der Waals surface area contributed by atoms with E-state index in [2.05, 4.69) is 9.88 Å². The van der Waals surface area contributed by atoms with Gasteiger partial charge in [0.2, 0.25) is 0 Å². The molecule has 0 aliphatic rings. The molecule has 0 fully saturated rings. The van der Waals surface area contributed by atoms with Gasteiger partial charge in [-0.3, -0.25) is 13.9 Å². The summed E-state index contributed by atoms with van der Waals surface area (Å²) < 4.78 is 4.61. The summed E-state index contributed by atoms with van der Waals surface area (Å²) in [5, 5.41) is 0. The molecule has 0 N–H and O–H groups in total. The predicted octanol–water partition coefficient (Wildman–Crippen LogP) is 0.819. The van der Waals surface area contributed by atoms with E-state index in [1.54, 1.807) is 10.9 Å². The van der Waals surface area contributed by atoms with E-state index >= 15 is 0 Å². The Bertz CT molecular complexity index is 767. The largest absolute Gasteiger partial charge is 0.332 e. The summed E-state index contributed by atoms with van der Waals surface area (Å²) in [6.07, 6.45) is 3.68. The lowest BCUT2D eigenvalue weighted by atomic mass is 10.3. The van der Waals surface area contributed by atoms with Gasteiger partial charge in [-0.15, -0.1) is 0 Å². The van der Waals surface area contributed by atoms with Crippen LogP contribution in [0.2, 0.25) is 0 Å². The van der Waals surface area contributed by atoms with Crippen LogP contribution in [0.5, 0.6) is 0 Å². The van der Waals surface area contributed by atoms with E-state index in [4.69, 9.17) is 0 Å². The first kappa shape index (κ1) is 16.5. The van der Waals surface area contributed by atoms with Crippen molar-refractivity contribution in [1.29, 1.82) is 0 Å². The summed E-state index contributed by atoms with van der Waals surface area (Å²) in [5.41, 5.74) is 0.406. The Morgan fingerprint density at radius 3 is 2.50 bits per heavy atom. The fraction of sp³-hybridized carbons (Fsp3) is 0.667. The normalized spacial score (nSPS) is 12.0. The number of fused-ring (bicyclic) bond motifs is 1. The van der Waals surface area contributed by atoms with Crippen LogP contribution in [-0.2, 0) is 13.6 Å². The summed E-state index contributed by atoms with van der Waals surface area (Å²) in [4.78, 5) is 31.1. The summed E-state index contributed by atoms with van der Waals surface area (Å²) >= 11 is 0. The zero-order chi connectivity index (χ0) is 16.4. The van der Waals surface area contributed by atoms with Crippen molar-refractivity contribution in [1.82, 2.24) is 23.6 Å². The monoisotopic (exact) mass is 307 g/mol. The topological polar surface area (TPSA) is 65.1 Å². The maximum absolute atomic E-state index is 12.4. The fourth-order valence-corrected chi connectivity index (χ4v) is 2.61. The number of rotatable bonds is 6. The molecule has 2 rings (SSSR count). The Balaban J connectivity index is 2.43. The molecule has 0 saturated carbocycles. The molecule has 7 heteroatoms. The van der Waals surface area contributed by atoms with E-state index in [9.17, 15) is 9.59 Å².